The van der Waals surface area contributed by atoms with Crippen molar-refractivity contribution >= 4 is 38.9 Å². The number of amides is 2. The van der Waals surface area contributed by atoms with Crippen LogP contribution in [0.3, 0.4) is 0 Å². The van der Waals surface area contributed by atoms with Gasteiger partial charge in [-0.3, -0.25) is 13.9 Å². The van der Waals surface area contributed by atoms with Gasteiger partial charge in [0.25, 0.3) is 0 Å². The van der Waals surface area contributed by atoms with Crippen molar-refractivity contribution < 1.29 is 18.0 Å². The van der Waals surface area contributed by atoms with Crippen LogP contribution in [0, 0.1) is 20.8 Å². The monoisotopic (exact) mass is 403 g/mol. The Hall–Kier alpha value is -2.87. The van der Waals surface area contributed by atoms with Gasteiger partial charge in [-0.1, -0.05) is 17.7 Å². The van der Waals surface area contributed by atoms with E-state index in [9.17, 15) is 18.0 Å². The van der Waals surface area contributed by atoms with Crippen molar-refractivity contribution in [1.29, 1.82) is 0 Å². The Labute approximate surface area is 165 Å². The van der Waals surface area contributed by atoms with E-state index in [1.165, 1.54) is 6.92 Å². The molecule has 2 aromatic rings. The smallest absolute Gasteiger partial charge is 0.245 e. The zero-order valence-electron chi connectivity index (χ0n) is 16.7. The summed E-state index contributed by atoms with van der Waals surface area (Å²) < 4.78 is 25.8. The van der Waals surface area contributed by atoms with Crippen LogP contribution in [0.15, 0.2) is 36.4 Å². The molecular formula is C20H25N3O4S. The van der Waals surface area contributed by atoms with Gasteiger partial charge in [0.2, 0.25) is 21.8 Å². The topological polar surface area (TPSA) is 95.6 Å². The fraction of sp³-hybridized carbons (Fsp3) is 0.300. The fourth-order valence-electron chi connectivity index (χ4n) is 3.10. The molecule has 0 bridgehead atoms. The molecule has 0 saturated carbocycles. The first-order valence-corrected chi connectivity index (χ1v) is 10.6. The summed E-state index contributed by atoms with van der Waals surface area (Å²) in [6.45, 7) is 6.66. The number of nitrogens with zero attached hydrogens (tertiary/aromatic N) is 1. The third-order valence-electron chi connectivity index (χ3n) is 4.06. The van der Waals surface area contributed by atoms with Gasteiger partial charge in [-0.05, 0) is 56.2 Å². The van der Waals surface area contributed by atoms with Gasteiger partial charge in [-0.15, -0.1) is 0 Å². The number of carbonyl (C=O) groups is 2. The van der Waals surface area contributed by atoms with Crippen molar-refractivity contribution in [1.82, 2.24) is 0 Å². The predicted octanol–water partition coefficient (Wildman–Crippen LogP) is 2.97. The Morgan fingerprint density at radius 2 is 1.39 bits per heavy atom. The second kappa shape index (κ2) is 8.43. The quantitative estimate of drug-likeness (QED) is 0.775. The normalized spacial score (nSPS) is 11.0. The summed E-state index contributed by atoms with van der Waals surface area (Å²) in [7, 11) is -3.66. The van der Waals surface area contributed by atoms with Crippen LogP contribution < -0.4 is 14.9 Å². The molecular weight excluding hydrogens is 378 g/mol. The number of hydrogen-bond acceptors (Lipinski definition) is 4. The summed E-state index contributed by atoms with van der Waals surface area (Å²) in [5.41, 5.74) is 4.23. The zero-order chi connectivity index (χ0) is 21.1. The lowest BCUT2D eigenvalue weighted by molar-refractivity contribution is -0.115. The molecule has 2 aromatic carbocycles. The largest absolute Gasteiger partial charge is 0.326 e. The third kappa shape index (κ3) is 5.56. The van der Waals surface area contributed by atoms with Crippen molar-refractivity contribution in [3.63, 3.8) is 0 Å². The van der Waals surface area contributed by atoms with Gasteiger partial charge in [0.1, 0.15) is 6.54 Å². The minimum atomic E-state index is -3.66. The van der Waals surface area contributed by atoms with Crippen LogP contribution in [-0.4, -0.2) is 33.0 Å². The van der Waals surface area contributed by atoms with Crippen LogP contribution in [0.25, 0.3) is 0 Å². The number of anilines is 3. The Balaban J connectivity index is 2.22. The number of carbonyl (C=O) groups excluding carboxylic acids is 2. The molecule has 0 spiro atoms. The van der Waals surface area contributed by atoms with Gasteiger partial charge in [-0.25, -0.2) is 8.42 Å². The van der Waals surface area contributed by atoms with Gasteiger partial charge in [0.15, 0.2) is 0 Å². The second-order valence-electron chi connectivity index (χ2n) is 6.82. The lowest BCUT2D eigenvalue weighted by atomic mass is 10.1. The molecule has 0 aliphatic heterocycles. The Kier molecular flexibility index (Phi) is 6.45. The number of nitrogens with one attached hydrogen (secondary N) is 2. The van der Waals surface area contributed by atoms with E-state index in [1.807, 2.05) is 32.9 Å². The molecule has 0 aliphatic carbocycles. The summed E-state index contributed by atoms with van der Waals surface area (Å²) in [6.07, 6.45) is 1.08. The molecule has 7 nitrogen and oxygen atoms in total. The second-order valence-corrected chi connectivity index (χ2v) is 8.73. The molecule has 0 aliphatic rings. The molecule has 2 rings (SSSR count). The molecule has 0 atom stereocenters. The maximum Gasteiger partial charge on any atom is 0.245 e. The summed E-state index contributed by atoms with van der Waals surface area (Å²) in [5.74, 6) is -0.651. The first kappa shape index (κ1) is 21.4. The zero-order valence-corrected chi connectivity index (χ0v) is 17.5. The molecule has 28 heavy (non-hydrogen) atoms. The standard InChI is InChI=1S/C20H25N3O4S/c1-13-10-14(2)20(15(3)11-13)23(28(5,26)27)12-19(25)22-18-8-6-17(7-9-18)21-16(4)24/h6-11H,12H2,1-5H3,(H,21,24)(H,22,25). The van der Waals surface area contributed by atoms with E-state index in [4.69, 9.17) is 0 Å². The summed E-state index contributed by atoms with van der Waals surface area (Å²) in [4.78, 5) is 23.6. The molecule has 0 aromatic heterocycles. The highest BCUT2D eigenvalue weighted by Gasteiger charge is 2.24. The van der Waals surface area contributed by atoms with Crippen molar-refractivity contribution in [2.24, 2.45) is 0 Å². The molecule has 0 saturated heterocycles. The van der Waals surface area contributed by atoms with Gasteiger partial charge in [0.05, 0.1) is 11.9 Å². The first-order valence-electron chi connectivity index (χ1n) is 8.70. The maximum atomic E-state index is 12.5. The van der Waals surface area contributed by atoms with E-state index in [1.54, 1.807) is 24.3 Å². The maximum absolute atomic E-state index is 12.5. The van der Waals surface area contributed by atoms with E-state index in [-0.39, 0.29) is 12.5 Å². The van der Waals surface area contributed by atoms with Crippen LogP contribution in [0.1, 0.15) is 23.6 Å². The summed E-state index contributed by atoms with van der Waals surface area (Å²) in [5, 5.41) is 5.32. The van der Waals surface area contributed by atoms with Crippen molar-refractivity contribution in [2.75, 3.05) is 27.7 Å². The highest BCUT2D eigenvalue weighted by Crippen LogP contribution is 2.28. The van der Waals surface area contributed by atoms with Gasteiger partial charge >= 0.3 is 0 Å². The van der Waals surface area contributed by atoms with E-state index < -0.39 is 15.9 Å². The van der Waals surface area contributed by atoms with Crippen molar-refractivity contribution in [3.05, 3.63) is 53.1 Å². The summed E-state index contributed by atoms with van der Waals surface area (Å²) >= 11 is 0. The molecule has 0 unspecified atom stereocenters. The van der Waals surface area contributed by atoms with Gasteiger partial charge < -0.3 is 10.6 Å². The number of sulfonamides is 1. The Morgan fingerprint density at radius 3 is 1.82 bits per heavy atom. The summed E-state index contributed by atoms with van der Waals surface area (Å²) in [6, 6.07) is 10.4. The van der Waals surface area contributed by atoms with Gasteiger partial charge in [0, 0.05) is 18.3 Å². The minimum Gasteiger partial charge on any atom is -0.326 e. The highest BCUT2D eigenvalue weighted by atomic mass is 32.2. The van der Waals surface area contributed by atoms with Gasteiger partial charge in [-0.2, -0.15) is 0 Å². The lowest BCUT2D eigenvalue weighted by Crippen LogP contribution is -2.38. The van der Waals surface area contributed by atoms with Crippen LogP contribution in [0.5, 0.6) is 0 Å². The average molecular weight is 404 g/mol. The Bertz CT molecular complexity index is 976. The minimum absolute atomic E-state index is 0.190. The average Bonchev–Trinajstić information content (AvgIpc) is 2.53. The lowest BCUT2D eigenvalue weighted by Gasteiger charge is -2.26. The molecule has 0 heterocycles. The number of hydrogen-bond donors (Lipinski definition) is 2. The number of aryl methyl sites for hydroxylation is 3. The van der Waals surface area contributed by atoms with E-state index >= 15 is 0 Å². The van der Waals surface area contributed by atoms with Crippen LogP contribution in [0.4, 0.5) is 17.1 Å². The SMILES string of the molecule is CC(=O)Nc1ccc(NC(=O)CN(c2c(C)cc(C)cc2C)S(C)(=O)=O)cc1. The van der Waals surface area contributed by atoms with E-state index in [2.05, 4.69) is 10.6 Å². The molecule has 0 radical (unpaired) electrons. The number of rotatable bonds is 6. The molecule has 2 N–H and O–H groups in total. The van der Waals surface area contributed by atoms with E-state index in [0.717, 1.165) is 27.3 Å². The van der Waals surface area contributed by atoms with Crippen LogP contribution >= 0.6 is 0 Å². The third-order valence-corrected chi connectivity index (χ3v) is 5.17. The van der Waals surface area contributed by atoms with Crippen LogP contribution in [0.2, 0.25) is 0 Å². The molecule has 8 heteroatoms. The Morgan fingerprint density at radius 1 is 0.929 bits per heavy atom. The van der Waals surface area contributed by atoms with Crippen LogP contribution in [-0.2, 0) is 19.6 Å². The van der Waals surface area contributed by atoms with Crippen molar-refractivity contribution in [3.8, 4) is 0 Å². The first-order chi connectivity index (χ1) is 13.0. The molecule has 0 fully saturated rings. The molecule has 150 valence electrons. The van der Waals surface area contributed by atoms with Crippen molar-refractivity contribution in [2.45, 2.75) is 27.7 Å². The molecule has 2 amide bonds. The fourth-order valence-corrected chi connectivity index (χ4v) is 4.07. The highest BCUT2D eigenvalue weighted by molar-refractivity contribution is 7.92. The van der Waals surface area contributed by atoms with E-state index in [0.29, 0.717) is 17.1 Å². The predicted molar refractivity (Wildman–Crippen MR) is 112 cm³/mol. The number of benzene rings is 2.